The molecule has 1 aliphatic rings. The Balaban J connectivity index is 1.40. The van der Waals surface area contributed by atoms with Crippen molar-refractivity contribution in [3.63, 3.8) is 0 Å². The number of ketones is 1. The first-order valence-corrected chi connectivity index (χ1v) is 11.3. The van der Waals surface area contributed by atoms with E-state index in [2.05, 4.69) is 25.9 Å². The van der Waals surface area contributed by atoms with Crippen LogP contribution in [0, 0.1) is 17.5 Å². The fourth-order valence-electron chi connectivity index (χ4n) is 3.93. The van der Waals surface area contributed by atoms with Gasteiger partial charge in [0.05, 0.1) is 29.3 Å². The maximum Gasteiger partial charge on any atom is 0.323 e. The zero-order chi connectivity index (χ0) is 25.9. The molecule has 0 bridgehead atoms. The Bertz CT molecular complexity index is 1510. The first-order valence-electron chi connectivity index (χ1n) is 11.3. The Kier molecular flexibility index (Phi) is 6.80. The van der Waals surface area contributed by atoms with Crippen LogP contribution in [0.3, 0.4) is 0 Å². The normalized spacial score (nSPS) is 15.4. The molecule has 1 saturated heterocycles. The molecule has 1 fully saturated rings. The summed E-state index contributed by atoms with van der Waals surface area (Å²) in [5.41, 5.74) is 0.902. The molecule has 1 aliphatic heterocycles. The lowest BCUT2D eigenvalue weighted by molar-refractivity contribution is 0.0276. The van der Waals surface area contributed by atoms with Gasteiger partial charge in [-0.3, -0.25) is 9.78 Å². The molecule has 4 aromatic rings. The van der Waals surface area contributed by atoms with Crippen molar-refractivity contribution >= 4 is 34.2 Å². The summed E-state index contributed by atoms with van der Waals surface area (Å²) in [7, 11) is 0. The number of pyridine rings is 2. The Morgan fingerprint density at radius 2 is 1.81 bits per heavy atom. The third-order valence-corrected chi connectivity index (χ3v) is 5.70. The number of morpholine rings is 1. The minimum atomic E-state index is -1.38. The van der Waals surface area contributed by atoms with Gasteiger partial charge in [0.25, 0.3) is 0 Å². The number of benzene rings is 2. The van der Waals surface area contributed by atoms with Crippen molar-refractivity contribution in [1.82, 2.24) is 15.3 Å². The molecule has 1 atom stereocenters. The molecule has 0 spiro atoms. The van der Waals surface area contributed by atoms with Crippen molar-refractivity contribution in [1.29, 1.82) is 0 Å². The summed E-state index contributed by atoms with van der Waals surface area (Å²) >= 11 is 0. The second-order valence-corrected chi connectivity index (χ2v) is 8.31. The van der Waals surface area contributed by atoms with Crippen LogP contribution in [0.15, 0.2) is 60.8 Å². The van der Waals surface area contributed by atoms with Crippen molar-refractivity contribution < 1.29 is 27.5 Å². The number of aromatic nitrogens is 2. The summed E-state index contributed by atoms with van der Waals surface area (Å²) in [6.45, 7) is 1.89. The predicted molar refractivity (Wildman–Crippen MR) is 130 cm³/mol. The highest BCUT2D eigenvalue weighted by Crippen LogP contribution is 2.24. The van der Waals surface area contributed by atoms with E-state index < -0.39 is 34.8 Å². The van der Waals surface area contributed by atoms with Crippen LogP contribution in [0.2, 0.25) is 0 Å². The molecule has 2 aromatic heterocycles. The van der Waals surface area contributed by atoms with E-state index in [4.69, 9.17) is 4.74 Å². The van der Waals surface area contributed by atoms with E-state index >= 15 is 0 Å². The number of carbonyl (C=O) groups excluding carboxylic acids is 2. The molecule has 188 valence electrons. The molecule has 0 aliphatic carbocycles. The average molecular weight is 507 g/mol. The minimum Gasteiger partial charge on any atom is -0.371 e. The molecule has 37 heavy (non-hydrogen) atoms. The maximum absolute atomic E-state index is 14.6. The highest BCUT2D eigenvalue weighted by atomic mass is 19.2. The van der Waals surface area contributed by atoms with Crippen molar-refractivity contribution in [3.8, 4) is 0 Å². The van der Waals surface area contributed by atoms with Crippen LogP contribution >= 0.6 is 0 Å². The summed E-state index contributed by atoms with van der Waals surface area (Å²) < 4.78 is 48.1. The van der Waals surface area contributed by atoms with Gasteiger partial charge >= 0.3 is 6.03 Å². The molecule has 2 aromatic carbocycles. The number of fused-ring (bicyclic) bond motifs is 1. The zero-order valence-electron chi connectivity index (χ0n) is 19.2. The van der Waals surface area contributed by atoms with Gasteiger partial charge in [-0.15, -0.1) is 0 Å². The number of rotatable bonds is 5. The molecular formula is C26H20F3N5O3. The number of nitrogens with one attached hydrogen (secondary N) is 3. The number of nitrogens with zero attached hydrogens (tertiary/aromatic N) is 2. The first-order chi connectivity index (χ1) is 17.9. The lowest BCUT2D eigenvalue weighted by Crippen LogP contribution is -2.33. The number of halogens is 3. The third-order valence-electron chi connectivity index (χ3n) is 5.70. The summed E-state index contributed by atoms with van der Waals surface area (Å²) in [6.07, 6.45) is 1.45. The van der Waals surface area contributed by atoms with E-state index in [1.807, 2.05) is 0 Å². The number of anilines is 2. The lowest BCUT2D eigenvalue weighted by atomic mass is 10.0. The molecule has 3 N–H and O–H groups in total. The van der Waals surface area contributed by atoms with Crippen molar-refractivity contribution in [2.75, 3.05) is 30.3 Å². The summed E-state index contributed by atoms with van der Waals surface area (Å²) in [5.74, 6) is -4.16. The van der Waals surface area contributed by atoms with E-state index in [1.165, 1.54) is 24.3 Å². The van der Waals surface area contributed by atoms with Crippen LogP contribution in [-0.4, -0.2) is 41.5 Å². The third kappa shape index (κ3) is 5.42. The number of hydrogen-bond acceptors (Lipinski definition) is 6. The Morgan fingerprint density at radius 1 is 0.973 bits per heavy atom. The largest absolute Gasteiger partial charge is 0.371 e. The first kappa shape index (κ1) is 24.3. The molecular weight excluding hydrogens is 487 g/mol. The standard InChI is InChI=1S/C26H20F3N5O3/c27-15-2-1-3-16(9-15)32-26(36)33-17-10-18(24(29)19(28)11-17)25(35)21-5-4-20-22(34-21)8-14(12-31-20)23-13-30-6-7-37-23/h1-5,8-12,23,30H,6-7,13H2,(H2,32,33,36). The van der Waals surface area contributed by atoms with Gasteiger partial charge in [0.2, 0.25) is 5.78 Å². The Labute approximate surface area is 208 Å². The van der Waals surface area contributed by atoms with Crippen LogP contribution in [0.5, 0.6) is 0 Å². The summed E-state index contributed by atoms with van der Waals surface area (Å²) in [5, 5.41) is 7.91. The molecule has 1 unspecified atom stereocenters. The predicted octanol–water partition coefficient (Wildman–Crippen LogP) is 4.58. The molecule has 2 amide bonds. The average Bonchev–Trinajstić information content (AvgIpc) is 2.90. The lowest BCUT2D eigenvalue weighted by Gasteiger charge is -2.23. The number of ether oxygens (including phenoxy) is 1. The van der Waals surface area contributed by atoms with Gasteiger partial charge in [-0.1, -0.05) is 6.07 Å². The maximum atomic E-state index is 14.6. The number of urea groups is 1. The Hall–Kier alpha value is -4.35. The number of hydrogen-bond donors (Lipinski definition) is 3. The second-order valence-electron chi connectivity index (χ2n) is 8.31. The van der Waals surface area contributed by atoms with Crippen LogP contribution in [0.1, 0.15) is 27.7 Å². The summed E-state index contributed by atoms with van der Waals surface area (Å²) in [4.78, 5) is 34.1. The topological polar surface area (TPSA) is 105 Å². The zero-order valence-corrected chi connectivity index (χ0v) is 19.2. The highest BCUT2D eigenvalue weighted by molar-refractivity contribution is 6.10. The minimum absolute atomic E-state index is 0.131. The van der Waals surface area contributed by atoms with Gasteiger partial charge < -0.3 is 20.7 Å². The second kappa shape index (κ2) is 10.3. The van der Waals surface area contributed by atoms with E-state index in [9.17, 15) is 22.8 Å². The van der Waals surface area contributed by atoms with E-state index in [0.717, 1.165) is 30.3 Å². The molecule has 0 saturated carbocycles. The molecule has 3 heterocycles. The molecule has 11 heteroatoms. The van der Waals surface area contributed by atoms with Crippen molar-refractivity contribution in [2.45, 2.75) is 6.10 Å². The number of amides is 2. The van der Waals surface area contributed by atoms with E-state index in [0.29, 0.717) is 24.2 Å². The fraction of sp³-hybridized carbons (Fsp3) is 0.154. The Morgan fingerprint density at radius 3 is 2.59 bits per heavy atom. The van der Waals surface area contributed by atoms with Gasteiger partial charge in [0.1, 0.15) is 11.5 Å². The number of carbonyl (C=O) groups is 2. The molecule has 0 radical (unpaired) electrons. The van der Waals surface area contributed by atoms with Crippen LogP contribution in [-0.2, 0) is 4.74 Å². The van der Waals surface area contributed by atoms with Crippen LogP contribution in [0.25, 0.3) is 11.0 Å². The van der Waals surface area contributed by atoms with E-state index in [1.54, 1.807) is 18.3 Å². The monoisotopic (exact) mass is 507 g/mol. The quantitative estimate of drug-likeness (QED) is 0.342. The SMILES string of the molecule is O=C(Nc1cccc(F)c1)Nc1cc(F)c(F)c(C(=O)c2ccc3ncc(C4CNCCO4)cc3n2)c1. The molecule has 8 nitrogen and oxygen atoms in total. The van der Waals surface area contributed by atoms with Crippen molar-refractivity contribution in [2.24, 2.45) is 0 Å². The van der Waals surface area contributed by atoms with Gasteiger partial charge in [-0.05, 0) is 42.5 Å². The van der Waals surface area contributed by atoms with Gasteiger partial charge in [0, 0.05) is 42.3 Å². The van der Waals surface area contributed by atoms with Gasteiger partial charge in [-0.25, -0.2) is 22.9 Å². The van der Waals surface area contributed by atoms with E-state index in [-0.39, 0.29) is 23.2 Å². The highest BCUT2D eigenvalue weighted by Gasteiger charge is 2.22. The van der Waals surface area contributed by atoms with Crippen LogP contribution < -0.4 is 16.0 Å². The van der Waals surface area contributed by atoms with Crippen molar-refractivity contribution in [3.05, 3.63) is 95.1 Å². The van der Waals surface area contributed by atoms with Crippen LogP contribution in [0.4, 0.5) is 29.3 Å². The smallest absolute Gasteiger partial charge is 0.323 e. The van der Waals surface area contributed by atoms with Gasteiger partial charge in [-0.2, -0.15) is 0 Å². The van der Waals surface area contributed by atoms with Gasteiger partial charge in [0.15, 0.2) is 11.6 Å². The fourth-order valence-corrected chi connectivity index (χ4v) is 3.93. The molecule has 5 rings (SSSR count). The summed E-state index contributed by atoms with van der Waals surface area (Å²) in [6, 6.07) is 10.7.